The van der Waals surface area contributed by atoms with Gasteiger partial charge >= 0.3 is 124 Å². The van der Waals surface area contributed by atoms with E-state index in [1.54, 1.807) is 30.0 Å². The average molecular weight is 527 g/mol. The summed E-state index contributed by atoms with van der Waals surface area (Å²) in [4.78, 5) is 0. The van der Waals surface area contributed by atoms with Gasteiger partial charge in [-0.05, 0) is 25.6 Å². The van der Waals surface area contributed by atoms with Crippen LogP contribution in [-0.4, -0.2) is 38.8 Å². The Morgan fingerprint density at radius 3 is 2.32 bits per heavy atom. The van der Waals surface area contributed by atoms with Crippen molar-refractivity contribution in [2.45, 2.75) is 13.5 Å². The van der Waals surface area contributed by atoms with E-state index in [0.717, 1.165) is 29.9 Å². The molecule has 1 aliphatic heterocycles. The molecule has 0 saturated carbocycles. The molecule has 0 radical (unpaired) electrons. The Bertz CT molecular complexity index is 752. The van der Waals surface area contributed by atoms with Gasteiger partial charge in [0, 0.05) is 0 Å². The van der Waals surface area contributed by atoms with Gasteiger partial charge in [0.05, 0.1) is 0 Å². The first-order valence-corrected chi connectivity index (χ1v) is 14.3. The van der Waals surface area contributed by atoms with Gasteiger partial charge in [-0.2, -0.15) is 6.67 Å². The number of hydrogen-bond acceptors (Lipinski definition) is 5. The van der Waals surface area contributed by atoms with Crippen LogP contribution in [-0.2, 0) is 22.2 Å². The normalized spacial score (nSPS) is 15.2. The van der Waals surface area contributed by atoms with E-state index in [2.05, 4.69) is 52.2 Å². The van der Waals surface area contributed by atoms with Crippen molar-refractivity contribution in [3.63, 3.8) is 0 Å². The topological polar surface area (TPSA) is 18.5 Å². The molecule has 0 bridgehead atoms. The van der Waals surface area contributed by atoms with Crippen LogP contribution in [0.5, 0.6) is 0 Å². The summed E-state index contributed by atoms with van der Waals surface area (Å²) in [6.07, 6.45) is 4.20. The van der Waals surface area contributed by atoms with Gasteiger partial charge in [0.25, 0.3) is 0 Å². The van der Waals surface area contributed by atoms with Crippen LogP contribution in [0.4, 0.5) is 10.1 Å². The number of hydrogen-bond donors (Lipinski definition) is 1. The molecule has 0 amide bonds. The van der Waals surface area contributed by atoms with Gasteiger partial charge < -0.3 is 8.61 Å². The minimum absolute atomic E-state index is 0.226. The zero-order valence-corrected chi connectivity index (χ0v) is 20.3. The van der Waals surface area contributed by atoms with Crippen molar-refractivity contribution in [2.24, 2.45) is 0 Å². The summed E-state index contributed by atoms with van der Waals surface area (Å²) in [6, 6.07) is 13.0. The molecule has 2 aromatic rings. The third-order valence-corrected chi connectivity index (χ3v) is 6.74. The molecule has 1 N–H and O–H groups in total. The van der Waals surface area contributed by atoms with E-state index in [1.165, 1.54) is 17.7 Å². The fraction of sp³-hybridized carbons (Fsp3) is 0.300. The van der Waals surface area contributed by atoms with Gasteiger partial charge in [0.15, 0.2) is 0 Å². The fourth-order valence-electron chi connectivity index (χ4n) is 2.47. The summed E-state index contributed by atoms with van der Waals surface area (Å²) in [6.45, 7) is 7.17. The van der Waals surface area contributed by atoms with Crippen molar-refractivity contribution in [1.29, 1.82) is 0 Å². The van der Waals surface area contributed by atoms with E-state index >= 15 is 0 Å². The molecule has 1 fully saturated rings. The van der Waals surface area contributed by atoms with Gasteiger partial charge in [0.2, 0.25) is 0 Å². The third-order valence-electron chi connectivity index (χ3n) is 4.06. The van der Waals surface area contributed by atoms with Crippen molar-refractivity contribution < 1.29 is 20.1 Å². The zero-order chi connectivity index (χ0) is 20.4. The number of anilines is 1. The van der Waals surface area contributed by atoms with Crippen molar-refractivity contribution in [3.8, 4) is 0 Å². The van der Waals surface area contributed by atoms with E-state index in [4.69, 9.17) is 9.69 Å². The van der Waals surface area contributed by atoms with Crippen LogP contribution < -0.4 is 5.32 Å². The maximum absolute atomic E-state index is 13.2. The molecule has 0 spiro atoms. The van der Waals surface area contributed by atoms with Gasteiger partial charge in [0.1, 0.15) is 0 Å². The summed E-state index contributed by atoms with van der Waals surface area (Å²) in [5.74, 6) is -0.226. The second kappa shape index (κ2) is 13.0. The Morgan fingerprint density at radius 2 is 1.79 bits per heavy atom. The van der Waals surface area contributed by atoms with Crippen molar-refractivity contribution in [1.82, 2.24) is 8.61 Å². The second-order valence-electron chi connectivity index (χ2n) is 6.00. The molecule has 8 heteroatoms. The van der Waals surface area contributed by atoms with Gasteiger partial charge in [-0.3, -0.25) is 0 Å². The number of rotatable bonds is 6. The molecule has 0 atom stereocenters. The number of nitrogens with zero attached hydrogens (tertiary/aromatic N) is 2. The Kier molecular flexibility index (Phi) is 11.1. The van der Waals surface area contributed by atoms with Crippen LogP contribution in [0.3, 0.4) is 0 Å². The monoisotopic (exact) mass is 527 g/mol. The predicted octanol–water partition coefficient (Wildman–Crippen LogP) is 5.41. The first-order chi connectivity index (χ1) is 13.5. The maximum atomic E-state index is 13.2. The number of nitrogens with one attached hydrogen (secondary N) is 1. The molecule has 1 aliphatic rings. The van der Waals surface area contributed by atoms with Crippen LogP contribution in [0.2, 0.25) is 0 Å². The Hall–Kier alpha value is -0.427. The molecule has 28 heavy (non-hydrogen) atoms. The molecule has 1 heterocycles. The minimum atomic E-state index is -0.356. The second-order valence-corrected chi connectivity index (χ2v) is 9.47. The standard InChI is InChI=1S/C15H14FN.C5H11N2S2.ClH.Ru/c1-11-3-7-15(8-4-11)17-10-13-5-6-14(16)9-12(13)2;1-8-6-3-4-7(5-6)9-2;;/h2-9,17H,10H2,1H3;5H,3-4H2,1-2H3;1H;/q;-1;;+1/p-1. The first kappa shape index (κ1) is 23.8. The van der Waals surface area contributed by atoms with Crippen molar-refractivity contribution >= 4 is 43.9 Å². The molecule has 1 saturated heterocycles. The van der Waals surface area contributed by atoms with Crippen LogP contribution >= 0.6 is 33.6 Å². The third kappa shape index (κ3) is 8.13. The number of benzene rings is 2. The summed E-state index contributed by atoms with van der Waals surface area (Å²) < 4.78 is 19.6. The quantitative estimate of drug-likeness (QED) is 0.307. The van der Waals surface area contributed by atoms with Gasteiger partial charge in [-0.1, -0.05) is 0 Å². The summed E-state index contributed by atoms with van der Waals surface area (Å²) in [5, 5.41) is 3.33. The van der Waals surface area contributed by atoms with E-state index in [1.807, 2.05) is 16.7 Å². The fourth-order valence-corrected chi connectivity index (χ4v) is 4.63. The van der Waals surface area contributed by atoms with E-state index in [9.17, 15) is 4.39 Å². The molecular formula is C20H25ClFN3RuS2-. The molecule has 155 valence electrons. The van der Waals surface area contributed by atoms with Crippen molar-refractivity contribution in [2.75, 3.05) is 30.9 Å². The Labute approximate surface area is 187 Å². The molecule has 0 unspecified atom stereocenters. The van der Waals surface area contributed by atoms with Crippen LogP contribution in [0, 0.1) is 19.4 Å². The number of aryl methyl sites for hydroxylation is 1. The predicted molar refractivity (Wildman–Crippen MR) is 121 cm³/mol. The summed E-state index contributed by atoms with van der Waals surface area (Å²) in [5.41, 5.74) is 4.22. The zero-order valence-electron chi connectivity index (χ0n) is 16.1. The SMILES string of the molecule is CSN1[CH-]N(SC)CC1.Cc1ccc(NCc2ccc(F)cc2[CH]=[Ru][Cl])cc1. The van der Waals surface area contributed by atoms with Gasteiger partial charge in [-0.25, -0.2) is 0 Å². The van der Waals surface area contributed by atoms with Crippen LogP contribution in [0.15, 0.2) is 42.5 Å². The van der Waals surface area contributed by atoms with Crippen LogP contribution in [0.1, 0.15) is 16.7 Å². The summed E-state index contributed by atoms with van der Waals surface area (Å²) >= 11 is 3.19. The Morgan fingerprint density at radius 1 is 1.14 bits per heavy atom. The van der Waals surface area contributed by atoms with Gasteiger partial charge in [-0.15, -0.1) is 23.9 Å². The number of halogens is 2. The first-order valence-electron chi connectivity index (χ1n) is 8.66. The van der Waals surface area contributed by atoms with E-state index < -0.39 is 0 Å². The molecule has 0 aromatic heterocycles. The van der Waals surface area contributed by atoms with Crippen LogP contribution in [0.25, 0.3) is 0 Å². The molecular weight excluding hydrogens is 502 g/mol. The average Bonchev–Trinajstić information content (AvgIpc) is 3.18. The molecule has 3 rings (SSSR count). The molecule has 3 nitrogen and oxygen atoms in total. The van der Waals surface area contributed by atoms with E-state index in [0.29, 0.717) is 6.54 Å². The Balaban J connectivity index is 0.000000261. The molecule has 2 aromatic carbocycles. The summed E-state index contributed by atoms with van der Waals surface area (Å²) in [7, 11) is 5.79. The van der Waals surface area contributed by atoms with Crippen molar-refractivity contribution in [3.05, 3.63) is 71.6 Å². The molecule has 0 aliphatic carbocycles. The van der Waals surface area contributed by atoms with E-state index in [-0.39, 0.29) is 21.5 Å².